The molecule has 0 fully saturated rings. The fraction of sp³-hybridized carbons (Fsp3) is 0.0541. The highest BCUT2D eigenvalue weighted by molar-refractivity contribution is 5.82. The number of fused-ring (bicyclic) bond motifs is 1. The molecule has 7 rings (SSSR count). The smallest absolute Gasteiger partial charge is 0.195 e. The second kappa shape index (κ2) is 10.7. The number of hydrogen-bond donors (Lipinski definition) is 0. The van der Waals surface area contributed by atoms with Gasteiger partial charge in [-0.2, -0.15) is 0 Å². The molecular weight excluding hydrogens is 502 g/mol. The zero-order chi connectivity index (χ0) is 27.6. The lowest BCUT2D eigenvalue weighted by Gasteiger charge is -2.11. The predicted molar refractivity (Wildman–Crippen MR) is 166 cm³/mol. The molecule has 4 heteroatoms. The molecule has 0 radical (unpaired) electrons. The monoisotopic (exact) mass is 529 g/mol. The van der Waals surface area contributed by atoms with Gasteiger partial charge in [-0.05, 0) is 46.5 Å². The van der Waals surface area contributed by atoms with Crippen LogP contribution < -0.4 is 0 Å². The minimum Gasteiger partial charge on any atom is -0.441 e. The lowest BCUT2D eigenvalue weighted by molar-refractivity contribution is 0.538. The van der Waals surface area contributed by atoms with Crippen molar-refractivity contribution in [2.75, 3.05) is 0 Å². The Hall–Kier alpha value is -5.35. The Kier molecular flexibility index (Phi) is 6.42. The Balaban J connectivity index is 1.31. The highest BCUT2D eigenvalue weighted by Crippen LogP contribution is 2.32. The molecule has 0 saturated heterocycles. The fourth-order valence-corrected chi connectivity index (χ4v) is 5.09. The van der Waals surface area contributed by atoms with E-state index in [1.54, 1.807) is 0 Å². The molecule has 0 aliphatic carbocycles. The Labute approximate surface area is 239 Å². The van der Waals surface area contributed by atoms with E-state index >= 15 is 0 Å². The van der Waals surface area contributed by atoms with Crippen molar-refractivity contribution in [3.8, 4) is 56.2 Å². The zero-order valence-electron chi connectivity index (χ0n) is 22.7. The molecule has 0 bridgehead atoms. The zero-order valence-corrected chi connectivity index (χ0v) is 22.7. The summed E-state index contributed by atoms with van der Waals surface area (Å²) >= 11 is 0. The normalized spacial score (nSPS) is 11.1. The summed E-state index contributed by atoms with van der Waals surface area (Å²) in [4.78, 5) is 14.7. The van der Waals surface area contributed by atoms with Crippen molar-refractivity contribution in [1.82, 2.24) is 15.0 Å². The molecular formula is C37H27N3O. The minimum atomic E-state index is 0.697. The van der Waals surface area contributed by atoms with Crippen LogP contribution in [0.3, 0.4) is 0 Å². The van der Waals surface area contributed by atoms with E-state index in [4.69, 9.17) is 14.4 Å². The summed E-state index contributed by atoms with van der Waals surface area (Å²) in [5.41, 5.74) is 11.0. The van der Waals surface area contributed by atoms with Gasteiger partial charge in [0.05, 0.1) is 11.4 Å². The van der Waals surface area contributed by atoms with E-state index in [0.29, 0.717) is 5.82 Å². The average Bonchev–Trinajstić information content (AvgIpc) is 3.48. The quantitative estimate of drug-likeness (QED) is 0.215. The third-order valence-corrected chi connectivity index (χ3v) is 7.27. The Morgan fingerprint density at radius 1 is 0.463 bits per heavy atom. The van der Waals surface area contributed by atoms with Gasteiger partial charge in [0.2, 0.25) is 0 Å². The number of rotatable bonds is 6. The standard InChI is InChI=1S/C37H27N3O/c1-2-36-38-34-23-30(20-21-35(34)41-36)29-14-9-15-31(22-29)33-24-32(27-12-7-4-8-13-27)39-37(40-33)28-18-16-26(17-19-28)25-10-5-3-6-11-25/h3-24H,2H2,1H3. The van der Waals surface area contributed by atoms with Gasteiger partial charge in [0.1, 0.15) is 5.52 Å². The van der Waals surface area contributed by atoms with Crippen LogP contribution in [0.1, 0.15) is 12.8 Å². The molecule has 0 unspecified atom stereocenters. The van der Waals surface area contributed by atoms with Crippen molar-refractivity contribution in [1.29, 1.82) is 0 Å². The maximum atomic E-state index is 5.82. The summed E-state index contributed by atoms with van der Waals surface area (Å²) in [6, 6.07) is 45.9. The van der Waals surface area contributed by atoms with Crippen LogP contribution in [0.2, 0.25) is 0 Å². The van der Waals surface area contributed by atoms with Crippen molar-refractivity contribution >= 4 is 11.1 Å². The number of aromatic nitrogens is 3. The maximum Gasteiger partial charge on any atom is 0.195 e. The summed E-state index contributed by atoms with van der Waals surface area (Å²) in [6.45, 7) is 2.05. The van der Waals surface area contributed by atoms with Crippen molar-refractivity contribution in [2.24, 2.45) is 0 Å². The van der Waals surface area contributed by atoms with E-state index in [2.05, 4.69) is 108 Å². The van der Waals surface area contributed by atoms with E-state index in [1.807, 2.05) is 37.3 Å². The van der Waals surface area contributed by atoms with Crippen LogP contribution in [0.15, 0.2) is 138 Å². The van der Waals surface area contributed by atoms with Gasteiger partial charge in [-0.25, -0.2) is 15.0 Å². The van der Waals surface area contributed by atoms with Crippen LogP contribution in [-0.2, 0) is 6.42 Å². The number of aryl methyl sites for hydroxylation is 1. The van der Waals surface area contributed by atoms with Gasteiger partial charge in [0.25, 0.3) is 0 Å². The molecule has 5 aromatic carbocycles. The number of oxazole rings is 1. The van der Waals surface area contributed by atoms with Crippen LogP contribution in [0, 0.1) is 0 Å². The summed E-state index contributed by atoms with van der Waals surface area (Å²) in [5.74, 6) is 1.45. The second-order valence-corrected chi connectivity index (χ2v) is 10.00. The van der Waals surface area contributed by atoms with E-state index in [0.717, 1.165) is 68.2 Å². The van der Waals surface area contributed by atoms with Crippen LogP contribution in [0.25, 0.3) is 67.3 Å². The molecule has 196 valence electrons. The third-order valence-electron chi connectivity index (χ3n) is 7.27. The fourth-order valence-electron chi connectivity index (χ4n) is 5.09. The van der Waals surface area contributed by atoms with Crippen LogP contribution >= 0.6 is 0 Å². The first-order chi connectivity index (χ1) is 20.2. The van der Waals surface area contributed by atoms with Crippen molar-refractivity contribution in [2.45, 2.75) is 13.3 Å². The highest BCUT2D eigenvalue weighted by atomic mass is 16.3. The first kappa shape index (κ1) is 24.7. The van der Waals surface area contributed by atoms with Crippen molar-refractivity contribution in [3.05, 3.63) is 139 Å². The summed E-state index contributed by atoms with van der Waals surface area (Å²) in [7, 11) is 0. The van der Waals surface area contributed by atoms with E-state index < -0.39 is 0 Å². The first-order valence-corrected chi connectivity index (χ1v) is 13.8. The summed E-state index contributed by atoms with van der Waals surface area (Å²) in [5, 5.41) is 0. The molecule has 2 aromatic heterocycles. The Bertz CT molecular complexity index is 1960. The molecule has 0 amide bonds. The second-order valence-electron chi connectivity index (χ2n) is 10.00. The lowest BCUT2D eigenvalue weighted by atomic mass is 10.00. The van der Waals surface area contributed by atoms with Gasteiger partial charge in [0, 0.05) is 23.1 Å². The number of benzene rings is 5. The maximum absolute atomic E-state index is 5.82. The van der Waals surface area contributed by atoms with Gasteiger partial charge in [-0.1, -0.05) is 116 Å². The molecule has 7 aromatic rings. The largest absolute Gasteiger partial charge is 0.441 e. The van der Waals surface area contributed by atoms with E-state index in [9.17, 15) is 0 Å². The molecule has 0 aliphatic rings. The van der Waals surface area contributed by atoms with Crippen LogP contribution in [0.5, 0.6) is 0 Å². The Morgan fingerprint density at radius 2 is 1.02 bits per heavy atom. The SMILES string of the molecule is CCc1nc2cc(-c3cccc(-c4cc(-c5ccccc5)nc(-c5ccc(-c6ccccc6)cc5)n4)c3)ccc2o1. The van der Waals surface area contributed by atoms with Crippen molar-refractivity contribution in [3.63, 3.8) is 0 Å². The first-order valence-electron chi connectivity index (χ1n) is 13.8. The molecule has 0 aliphatic heterocycles. The average molecular weight is 530 g/mol. The van der Waals surface area contributed by atoms with Gasteiger partial charge < -0.3 is 4.42 Å². The van der Waals surface area contributed by atoms with Crippen LogP contribution in [-0.4, -0.2) is 15.0 Å². The van der Waals surface area contributed by atoms with E-state index in [1.165, 1.54) is 5.56 Å². The molecule has 0 saturated carbocycles. The van der Waals surface area contributed by atoms with Gasteiger partial charge in [0.15, 0.2) is 17.3 Å². The highest BCUT2D eigenvalue weighted by Gasteiger charge is 2.13. The van der Waals surface area contributed by atoms with Crippen LogP contribution in [0.4, 0.5) is 0 Å². The molecule has 0 spiro atoms. The van der Waals surface area contributed by atoms with E-state index in [-0.39, 0.29) is 0 Å². The summed E-state index contributed by atoms with van der Waals surface area (Å²) in [6.07, 6.45) is 0.772. The molecule has 41 heavy (non-hydrogen) atoms. The number of nitrogens with zero attached hydrogens (tertiary/aromatic N) is 3. The molecule has 0 N–H and O–H groups in total. The van der Waals surface area contributed by atoms with Gasteiger partial charge in [-0.15, -0.1) is 0 Å². The molecule has 4 nitrogen and oxygen atoms in total. The van der Waals surface area contributed by atoms with Gasteiger partial charge in [-0.3, -0.25) is 0 Å². The molecule has 0 atom stereocenters. The predicted octanol–water partition coefficient (Wildman–Crippen LogP) is 9.52. The van der Waals surface area contributed by atoms with Gasteiger partial charge >= 0.3 is 0 Å². The third kappa shape index (κ3) is 5.04. The lowest BCUT2D eigenvalue weighted by Crippen LogP contribution is -1.96. The topological polar surface area (TPSA) is 51.8 Å². The minimum absolute atomic E-state index is 0.697. The molecule has 2 heterocycles. The number of hydrogen-bond acceptors (Lipinski definition) is 4. The van der Waals surface area contributed by atoms with Crippen molar-refractivity contribution < 1.29 is 4.42 Å². The summed E-state index contributed by atoms with van der Waals surface area (Å²) < 4.78 is 5.82. The Morgan fingerprint density at radius 3 is 1.76 bits per heavy atom.